The Kier molecular flexibility index (Phi) is 4.94. The molecule has 0 fully saturated rings. The molecule has 3 aromatic rings. The summed E-state index contributed by atoms with van der Waals surface area (Å²) in [6.45, 7) is 5.89. The van der Waals surface area contributed by atoms with Crippen molar-refractivity contribution in [2.75, 3.05) is 10.7 Å². The lowest BCUT2D eigenvalue weighted by molar-refractivity contribution is 0.254. The van der Waals surface area contributed by atoms with Gasteiger partial charge in [-0.25, -0.2) is 14.8 Å². The van der Waals surface area contributed by atoms with Gasteiger partial charge < -0.3 is 5.32 Å². The van der Waals surface area contributed by atoms with Crippen molar-refractivity contribution in [1.82, 2.24) is 25.2 Å². The molecule has 26 heavy (non-hydrogen) atoms. The highest BCUT2D eigenvalue weighted by molar-refractivity contribution is 6.29. The van der Waals surface area contributed by atoms with Crippen LogP contribution in [0.15, 0.2) is 18.2 Å². The maximum absolute atomic E-state index is 12.1. The van der Waals surface area contributed by atoms with Crippen LogP contribution >= 0.6 is 11.6 Å². The van der Waals surface area contributed by atoms with Crippen molar-refractivity contribution in [2.45, 2.75) is 27.2 Å². The van der Waals surface area contributed by atoms with Gasteiger partial charge in [0.1, 0.15) is 11.0 Å². The minimum absolute atomic E-state index is 0.335. The molecular weight excluding hydrogens is 354 g/mol. The van der Waals surface area contributed by atoms with Crippen LogP contribution in [0.2, 0.25) is 5.15 Å². The Morgan fingerprint density at radius 1 is 1.23 bits per heavy atom. The summed E-state index contributed by atoms with van der Waals surface area (Å²) < 4.78 is 1.72. The maximum Gasteiger partial charge on any atom is 0.337 e. The van der Waals surface area contributed by atoms with Gasteiger partial charge in [0.2, 0.25) is 0 Å². The van der Waals surface area contributed by atoms with Crippen LogP contribution in [-0.4, -0.2) is 25.8 Å². The summed E-state index contributed by atoms with van der Waals surface area (Å²) in [5, 5.41) is 8.44. The number of nitrogens with one attached hydrogen (secondary N) is 3. The van der Waals surface area contributed by atoms with Gasteiger partial charge in [-0.3, -0.25) is 15.5 Å². The van der Waals surface area contributed by atoms with Gasteiger partial charge in [0, 0.05) is 23.8 Å². The number of fused-ring (bicyclic) bond motifs is 1. The van der Waals surface area contributed by atoms with E-state index >= 15 is 0 Å². The number of hydrazine groups is 1. The summed E-state index contributed by atoms with van der Waals surface area (Å²) in [5.41, 5.74) is 9.45. The lowest BCUT2D eigenvalue weighted by Crippen LogP contribution is -2.34. The third-order valence-corrected chi connectivity index (χ3v) is 4.13. The van der Waals surface area contributed by atoms with Gasteiger partial charge in [-0.05, 0) is 44.0 Å². The average molecular weight is 374 g/mol. The second-order valence-electron chi connectivity index (χ2n) is 5.96. The van der Waals surface area contributed by atoms with Crippen molar-refractivity contribution in [3.8, 4) is 0 Å². The molecule has 136 valence electrons. The predicted octanol–water partition coefficient (Wildman–Crippen LogP) is 3.34. The Labute approximate surface area is 155 Å². The Balaban J connectivity index is 1.71. The van der Waals surface area contributed by atoms with Crippen LogP contribution in [0.3, 0.4) is 0 Å². The zero-order chi connectivity index (χ0) is 18.8. The van der Waals surface area contributed by atoms with Gasteiger partial charge in [-0.15, -0.1) is 0 Å². The highest BCUT2D eigenvalue weighted by Gasteiger charge is 2.11. The minimum atomic E-state index is -0.435. The summed E-state index contributed by atoms with van der Waals surface area (Å²) in [4.78, 5) is 20.8. The van der Waals surface area contributed by atoms with E-state index in [-0.39, 0.29) is 0 Å². The van der Waals surface area contributed by atoms with Crippen LogP contribution in [-0.2, 0) is 13.5 Å². The molecule has 3 N–H and O–H groups in total. The van der Waals surface area contributed by atoms with Crippen molar-refractivity contribution in [2.24, 2.45) is 7.05 Å². The highest BCUT2D eigenvalue weighted by atomic mass is 35.5. The first-order valence-electron chi connectivity index (χ1n) is 8.17. The average Bonchev–Trinajstić information content (AvgIpc) is 2.87. The monoisotopic (exact) mass is 373 g/mol. The molecule has 9 heteroatoms. The molecule has 8 nitrogen and oxygen atoms in total. The zero-order valence-corrected chi connectivity index (χ0v) is 15.8. The van der Waals surface area contributed by atoms with E-state index in [9.17, 15) is 4.79 Å². The second kappa shape index (κ2) is 7.17. The molecule has 0 spiro atoms. The predicted molar refractivity (Wildman–Crippen MR) is 102 cm³/mol. The fraction of sp³-hybridized carbons (Fsp3) is 0.294. The molecule has 0 unspecified atom stereocenters. The van der Waals surface area contributed by atoms with Crippen LogP contribution in [0, 0.1) is 13.8 Å². The number of rotatable bonds is 4. The van der Waals surface area contributed by atoms with Crippen molar-refractivity contribution in [3.05, 3.63) is 40.3 Å². The third kappa shape index (κ3) is 3.70. The molecule has 0 saturated carbocycles. The molecule has 0 radical (unpaired) electrons. The third-order valence-electron chi connectivity index (χ3n) is 3.94. The van der Waals surface area contributed by atoms with E-state index in [2.05, 4.69) is 31.2 Å². The van der Waals surface area contributed by atoms with Crippen LogP contribution in [0.25, 0.3) is 11.0 Å². The lowest BCUT2D eigenvalue weighted by Gasteiger charge is -2.11. The van der Waals surface area contributed by atoms with Crippen molar-refractivity contribution >= 4 is 40.2 Å². The number of aryl methyl sites for hydroxylation is 4. The second-order valence-corrected chi connectivity index (χ2v) is 6.35. The molecule has 0 aromatic carbocycles. The number of nitrogens with zero attached hydrogens (tertiary/aromatic N) is 4. The number of pyridine rings is 2. The summed E-state index contributed by atoms with van der Waals surface area (Å²) >= 11 is 5.96. The van der Waals surface area contributed by atoms with Crippen molar-refractivity contribution in [1.29, 1.82) is 0 Å². The largest absolute Gasteiger partial charge is 0.337 e. The number of carbonyl (C=O) groups excluding carboxylic acids is 1. The first-order chi connectivity index (χ1) is 12.4. The molecule has 0 aliphatic heterocycles. The van der Waals surface area contributed by atoms with Gasteiger partial charge in [-0.2, -0.15) is 5.10 Å². The van der Waals surface area contributed by atoms with Crippen LogP contribution < -0.4 is 16.2 Å². The summed E-state index contributed by atoms with van der Waals surface area (Å²) in [6, 6.07) is 4.79. The molecule has 0 atom stereocenters. The number of anilines is 2. The van der Waals surface area contributed by atoms with E-state index in [1.807, 2.05) is 33.9 Å². The molecule has 0 bridgehead atoms. The fourth-order valence-electron chi connectivity index (χ4n) is 2.81. The van der Waals surface area contributed by atoms with Crippen molar-refractivity contribution in [3.63, 3.8) is 0 Å². The highest BCUT2D eigenvalue weighted by Crippen LogP contribution is 2.22. The van der Waals surface area contributed by atoms with E-state index in [1.165, 1.54) is 0 Å². The normalized spacial score (nSPS) is 10.8. The Hall–Kier alpha value is -2.87. The number of hydrogen-bond acceptors (Lipinski definition) is 5. The number of halogens is 1. The zero-order valence-electron chi connectivity index (χ0n) is 15.0. The van der Waals surface area contributed by atoms with Crippen molar-refractivity contribution < 1.29 is 4.79 Å². The van der Waals surface area contributed by atoms with Crippen LogP contribution in [0.1, 0.15) is 23.9 Å². The van der Waals surface area contributed by atoms with E-state index in [0.717, 1.165) is 34.4 Å². The number of hydrogen-bond donors (Lipinski definition) is 3. The van der Waals surface area contributed by atoms with Crippen LogP contribution in [0.4, 0.5) is 16.3 Å². The number of carbonyl (C=O) groups is 1. The first-order valence-corrected chi connectivity index (χ1v) is 8.55. The fourth-order valence-corrected chi connectivity index (χ4v) is 3.04. The van der Waals surface area contributed by atoms with E-state index < -0.39 is 6.03 Å². The smallest absolute Gasteiger partial charge is 0.306 e. The standard InChI is InChI=1S/C17H20ClN7O/c1-5-11-7-12(8-13(18)19-11)20-17(26)23-22-14-6-9(2)15-10(3)24-25(4)16(15)21-14/h6-8H,5H2,1-4H3,(H,21,22)(H2,19,20,23,26). The Bertz CT molecular complexity index is 983. The number of urea groups is 1. The topological polar surface area (TPSA) is 96.8 Å². The molecule has 3 heterocycles. The lowest BCUT2D eigenvalue weighted by atomic mass is 10.1. The Morgan fingerprint density at radius 2 is 2.00 bits per heavy atom. The van der Waals surface area contributed by atoms with E-state index in [4.69, 9.17) is 11.6 Å². The van der Waals surface area contributed by atoms with Crippen LogP contribution in [0.5, 0.6) is 0 Å². The number of amides is 2. The molecule has 0 aliphatic carbocycles. The quantitative estimate of drug-likeness (QED) is 0.481. The molecule has 0 saturated heterocycles. The number of aromatic nitrogens is 4. The van der Waals surface area contributed by atoms with Gasteiger partial charge in [0.25, 0.3) is 0 Å². The molecule has 2 amide bonds. The van der Waals surface area contributed by atoms with Gasteiger partial charge in [0.15, 0.2) is 5.65 Å². The molecular formula is C17H20ClN7O. The SMILES string of the molecule is CCc1cc(NC(=O)NNc2cc(C)c3c(C)nn(C)c3n2)cc(Cl)n1. The molecule has 3 rings (SSSR count). The van der Waals surface area contributed by atoms with Gasteiger partial charge in [-0.1, -0.05) is 18.5 Å². The van der Waals surface area contributed by atoms with Gasteiger partial charge in [0.05, 0.1) is 5.69 Å². The molecule has 3 aromatic heterocycles. The first kappa shape index (κ1) is 17.9. The van der Waals surface area contributed by atoms with E-state index in [1.54, 1.807) is 16.8 Å². The van der Waals surface area contributed by atoms with E-state index in [0.29, 0.717) is 16.7 Å². The summed E-state index contributed by atoms with van der Waals surface area (Å²) in [5.74, 6) is 0.523. The summed E-state index contributed by atoms with van der Waals surface area (Å²) in [6.07, 6.45) is 0.725. The molecule has 0 aliphatic rings. The maximum atomic E-state index is 12.1. The summed E-state index contributed by atoms with van der Waals surface area (Å²) in [7, 11) is 1.84. The Morgan fingerprint density at radius 3 is 2.73 bits per heavy atom. The van der Waals surface area contributed by atoms with Gasteiger partial charge >= 0.3 is 6.03 Å². The minimum Gasteiger partial charge on any atom is -0.306 e.